The Hall–Kier alpha value is -1.63. The summed E-state index contributed by atoms with van der Waals surface area (Å²) in [6.45, 7) is 2.76. The van der Waals surface area contributed by atoms with Gasteiger partial charge in [-0.25, -0.2) is 0 Å². The number of amides is 1. The highest BCUT2D eigenvalue weighted by molar-refractivity contribution is 7.10. The van der Waals surface area contributed by atoms with Crippen molar-refractivity contribution in [2.45, 2.75) is 31.1 Å². The van der Waals surface area contributed by atoms with Crippen molar-refractivity contribution >= 4 is 17.2 Å². The maximum Gasteiger partial charge on any atom is 0.225 e. The number of hydrogen-bond acceptors (Lipinski definition) is 4. The van der Waals surface area contributed by atoms with Crippen LogP contribution in [0.25, 0.3) is 0 Å². The van der Waals surface area contributed by atoms with Gasteiger partial charge in [0.05, 0.1) is 25.7 Å². The largest absolute Gasteiger partial charge is 0.347 e. The Morgan fingerprint density at radius 1 is 1.17 bits per heavy atom. The fourth-order valence-corrected chi connectivity index (χ4v) is 4.40. The summed E-state index contributed by atoms with van der Waals surface area (Å²) in [5, 5.41) is 2.07. The number of aromatic nitrogens is 1. The molecule has 0 saturated carbocycles. The maximum absolute atomic E-state index is 12.8. The van der Waals surface area contributed by atoms with Crippen molar-refractivity contribution < 1.29 is 14.3 Å². The molecule has 5 nitrogen and oxygen atoms in total. The Morgan fingerprint density at radius 3 is 2.50 bits per heavy atom. The minimum absolute atomic E-state index is 0.0716. The van der Waals surface area contributed by atoms with E-state index in [2.05, 4.69) is 16.0 Å². The summed E-state index contributed by atoms with van der Waals surface area (Å²) in [6, 6.07) is 8.23. The lowest BCUT2D eigenvalue weighted by Gasteiger charge is -2.38. The molecule has 0 aromatic carbocycles. The quantitative estimate of drug-likeness (QED) is 0.855. The van der Waals surface area contributed by atoms with Crippen molar-refractivity contribution in [1.82, 2.24) is 9.47 Å². The van der Waals surface area contributed by atoms with Gasteiger partial charge in [0.2, 0.25) is 5.91 Å². The van der Waals surface area contributed by atoms with E-state index >= 15 is 0 Å². The number of hydrogen-bond donors (Lipinski definition) is 0. The van der Waals surface area contributed by atoms with E-state index in [1.54, 1.807) is 11.3 Å². The van der Waals surface area contributed by atoms with Gasteiger partial charge < -0.3 is 18.9 Å². The van der Waals surface area contributed by atoms with E-state index < -0.39 is 5.79 Å². The van der Waals surface area contributed by atoms with E-state index in [1.165, 1.54) is 4.88 Å². The monoisotopic (exact) mass is 346 g/mol. The molecular formula is C18H22N2O3S. The number of nitrogens with zero attached hydrogens (tertiary/aromatic N) is 2. The molecule has 24 heavy (non-hydrogen) atoms. The van der Waals surface area contributed by atoms with E-state index in [1.807, 2.05) is 35.5 Å². The highest BCUT2D eigenvalue weighted by Crippen LogP contribution is 2.33. The van der Waals surface area contributed by atoms with Crippen LogP contribution in [0.5, 0.6) is 0 Å². The molecule has 6 heteroatoms. The summed E-state index contributed by atoms with van der Waals surface area (Å²) in [4.78, 5) is 16.0. The topological polar surface area (TPSA) is 43.7 Å². The molecular weight excluding hydrogens is 324 g/mol. The van der Waals surface area contributed by atoms with Gasteiger partial charge in [0.1, 0.15) is 0 Å². The Bertz CT molecular complexity index is 618. The predicted molar refractivity (Wildman–Crippen MR) is 92.0 cm³/mol. The molecule has 0 N–H and O–H groups in total. The lowest BCUT2D eigenvalue weighted by Crippen LogP contribution is -2.47. The summed E-state index contributed by atoms with van der Waals surface area (Å²) in [5.74, 6) is -0.223. The molecule has 2 aliphatic rings. The Labute approximate surface area is 145 Å². The van der Waals surface area contributed by atoms with Crippen molar-refractivity contribution in [1.29, 1.82) is 0 Å². The van der Waals surface area contributed by atoms with E-state index in [9.17, 15) is 4.79 Å². The van der Waals surface area contributed by atoms with Crippen LogP contribution in [0, 0.1) is 0 Å². The molecule has 2 aromatic rings. The summed E-state index contributed by atoms with van der Waals surface area (Å²) in [7, 11) is 0. The summed E-state index contributed by atoms with van der Waals surface area (Å²) in [6.07, 6.45) is 6.09. The van der Waals surface area contributed by atoms with Gasteiger partial charge in [0.25, 0.3) is 0 Å². The van der Waals surface area contributed by atoms with Crippen LogP contribution in [0.4, 0.5) is 0 Å². The van der Waals surface area contributed by atoms with Crippen molar-refractivity contribution in [2.75, 3.05) is 26.3 Å². The lowest BCUT2D eigenvalue weighted by molar-refractivity contribution is -0.187. The van der Waals surface area contributed by atoms with Crippen LogP contribution in [0.3, 0.4) is 0 Å². The van der Waals surface area contributed by atoms with Crippen molar-refractivity contribution in [3.63, 3.8) is 0 Å². The number of carbonyl (C=O) groups is 1. The molecule has 128 valence electrons. The smallest absolute Gasteiger partial charge is 0.225 e. The van der Waals surface area contributed by atoms with Crippen LogP contribution in [0.1, 0.15) is 30.2 Å². The van der Waals surface area contributed by atoms with Gasteiger partial charge in [-0.05, 0) is 23.6 Å². The van der Waals surface area contributed by atoms with Gasteiger partial charge in [-0.2, -0.15) is 0 Å². The molecule has 0 unspecified atom stereocenters. The highest BCUT2D eigenvalue weighted by Gasteiger charge is 2.41. The fourth-order valence-electron chi connectivity index (χ4n) is 3.57. The van der Waals surface area contributed by atoms with Gasteiger partial charge in [0.15, 0.2) is 5.79 Å². The Kier molecular flexibility index (Phi) is 4.43. The SMILES string of the molecule is O=C(C[C@H](c1cccs1)n1cccc1)N1CCC2(CC1)OCCO2. The molecule has 1 amide bonds. The number of carbonyl (C=O) groups excluding carboxylic acids is 1. The van der Waals surface area contributed by atoms with Gasteiger partial charge in [-0.15, -0.1) is 11.3 Å². The number of thiophene rings is 1. The van der Waals surface area contributed by atoms with Crippen molar-refractivity contribution in [3.8, 4) is 0 Å². The molecule has 4 rings (SSSR count). The second-order valence-electron chi connectivity index (χ2n) is 6.35. The highest BCUT2D eigenvalue weighted by atomic mass is 32.1. The van der Waals surface area contributed by atoms with Gasteiger partial charge in [-0.1, -0.05) is 6.07 Å². The second-order valence-corrected chi connectivity index (χ2v) is 7.33. The average molecular weight is 346 g/mol. The fraction of sp³-hybridized carbons (Fsp3) is 0.500. The first-order valence-corrected chi connectivity index (χ1v) is 9.35. The third kappa shape index (κ3) is 3.14. The van der Waals surface area contributed by atoms with Gasteiger partial charge >= 0.3 is 0 Å². The van der Waals surface area contributed by atoms with E-state index in [-0.39, 0.29) is 11.9 Å². The molecule has 1 atom stereocenters. The first-order chi connectivity index (χ1) is 11.8. The van der Waals surface area contributed by atoms with Crippen LogP contribution in [-0.4, -0.2) is 47.5 Å². The normalized spacial score (nSPS) is 21.2. The zero-order valence-electron chi connectivity index (χ0n) is 13.6. The molecule has 0 bridgehead atoms. The zero-order chi connectivity index (χ0) is 16.4. The number of ether oxygens (including phenoxy) is 2. The first kappa shape index (κ1) is 15.9. The van der Waals surface area contributed by atoms with Crippen LogP contribution in [0.15, 0.2) is 42.0 Å². The molecule has 2 fully saturated rings. The Morgan fingerprint density at radius 2 is 1.88 bits per heavy atom. The van der Waals surface area contributed by atoms with E-state index in [0.29, 0.717) is 32.7 Å². The lowest BCUT2D eigenvalue weighted by atomic mass is 10.0. The van der Waals surface area contributed by atoms with Gasteiger partial charge in [0, 0.05) is 43.2 Å². The maximum atomic E-state index is 12.8. The van der Waals surface area contributed by atoms with Gasteiger partial charge in [-0.3, -0.25) is 4.79 Å². The molecule has 2 aromatic heterocycles. The van der Waals surface area contributed by atoms with Crippen molar-refractivity contribution in [2.24, 2.45) is 0 Å². The minimum Gasteiger partial charge on any atom is -0.347 e. The third-order valence-corrected chi connectivity index (χ3v) is 5.89. The van der Waals surface area contributed by atoms with Crippen LogP contribution < -0.4 is 0 Å². The summed E-state index contributed by atoms with van der Waals surface area (Å²) < 4.78 is 13.6. The second kappa shape index (κ2) is 6.70. The van der Waals surface area contributed by atoms with Crippen LogP contribution in [0.2, 0.25) is 0 Å². The molecule has 0 aliphatic carbocycles. The van der Waals surface area contributed by atoms with E-state index in [4.69, 9.17) is 9.47 Å². The molecule has 1 spiro atoms. The van der Waals surface area contributed by atoms with E-state index in [0.717, 1.165) is 12.8 Å². The number of piperidine rings is 1. The average Bonchev–Trinajstić information content (AvgIpc) is 3.36. The van der Waals surface area contributed by atoms with Crippen LogP contribution in [-0.2, 0) is 14.3 Å². The zero-order valence-corrected chi connectivity index (χ0v) is 14.4. The molecule has 4 heterocycles. The molecule has 2 saturated heterocycles. The number of rotatable bonds is 4. The summed E-state index contributed by atoms with van der Waals surface area (Å²) >= 11 is 1.70. The molecule has 0 radical (unpaired) electrons. The first-order valence-electron chi connectivity index (χ1n) is 8.47. The predicted octanol–water partition coefficient (Wildman–Crippen LogP) is 2.89. The van der Waals surface area contributed by atoms with Crippen LogP contribution >= 0.6 is 11.3 Å². The van der Waals surface area contributed by atoms with Crippen molar-refractivity contribution in [3.05, 3.63) is 46.9 Å². The number of likely N-dealkylation sites (tertiary alicyclic amines) is 1. The molecule has 2 aliphatic heterocycles. The third-order valence-electron chi connectivity index (χ3n) is 4.92. The Balaban J connectivity index is 1.42. The minimum atomic E-state index is -0.426. The standard InChI is InChI=1S/C18H22N2O3S/c21-17(20-9-5-18(6-10-20)22-11-12-23-18)14-15(16-4-3-13-24-16)19-7-1-2-8-19/h1-4,7-8,13,15H,5-6,9-12,14H2/t15-/m1/s1. The summed E-state index contributed by atoms with van der Waals surface area (Å²) in [5.41, 5.74) is 0.